The van der Waals surface area contributed by atoms with Gasteiger partial charge in [0.1, 0.15) is 5.57 Å². The molecule has 0 bridgehead atoms. The maximum atomic E-state index is 13.3. The molecule has 0 radical (unpaired) electrons. The largest absolute Gasteiger partial charge is 0.490 e. The molecule has 8 nitrogen and oxygen atoms in total. The molecule has 1 aliphatic rings. The summed E-state index contributed by atoms with van der Waals surface area (Å²) >= 11 is 8.69. The maximum absolute atomic E-state index is 13.3. The molecule has 2 amide bonds. The van der Waals surface area contributed by atoms with Gasteiger partial charge in [-0.1, -0.05) is 35.0 Å². The number of rotatable bonds is 8. The number of anilines is 1. The van der Waals surface area contributed by atoms with Crippen molar-refractivity contribution >= 4 is 62.8 Å². The normalized spacial score (nSPS) is 14.8. The third-order valence-corrected chi connectivity index (χ3v) is 5.91. The van der Waals surface area contributed by atoms with E-state index in [0.717, 1.165) is 12.0 Å². The van der Waals surface area contributed by atoms with Crippen molar-refractivity contribution in [2.24, 2.45) is 0 Å². The number of nitrogens with zero attached hydrogens (tertiary/aromatic N) is 1. The van der Waals surface area contributed by atoms with Gasteiger partial charge in [0.25, 0.3) is 11.8 Å². The molecule has 0 spiro atoms. The second kappa shape index (κ2) is 11.3. The Bertz CT molecular complexity index is 1160. The first-order valence-electron chi connectivity index (χ1n) is 10.4. The van der Waals surface area contributed by atoms with Crippen LogP contribution in [0.4, 0.5) is 5.69 Å². The maximum Gasteiger partial charge on any atom is 0.343 e. The van der Waals surface area contributed by atoms with Crippen molar-refractivity contribution in [3.63, 3.8) is 0 Å². The lowest BCUT2D eigenvalue weighted by Gasteiger charge is -2.29. The van der Waals surface area contributed by atoms with Gasteiger partial charge in [-0.2, -0.15) is 0 Å². The van der Waals surface area contributed by atoms with Gasteiger partial charge in [0.15, 0.2) is 23.2 Å². The minimum Gasteiger partial charge on any atom is -0.490 e. The van der Waals surface area contributed by atoms with Crippen molar-refractivity contribution in [3.05, 3.63) is 57.6 Å². The van der Waals surface area contributed by atoms with E-state index in [4.69, 9.17) is 21.7 Å². The van der Waals surface area contributed by atoms with Crippen molar-refractivity contribution < 1.29 is 28.6 Å². The van der Waals surface area contributed by atoms with E-state index in [-0.39, 0.29) is 17.3 Å². The fourth-order valence-electron chi connectivity index (χ4n) is 3.17. The molecule has 2 aromatic rings. The molecular weight excluding hydrogens is 524 g/mol. The molecule has 1 saturated heterocycles. The SMILES string of the molecule is CCOc1cc(/C=C2\C(=O)NC(=S)N(c3ccc(CC)cc3)C2=O)c(Br)cc1OCC(=O)OC. The smallest absolute Gasteiger partial charge is 0.343 e. The standard InChI is InChI=1S/C24H23BrN2O6S/c1-4-14-6-8-16(9-7-14)27-23(30)17(22(29)26-24(27)34)10-15-11-19(32-5-2)20(12-18(15)25)33-13-21(28)31-3/h6-12H,4-5,13H2,1-3H3,(H,26,29,34)/b17-10+. The molecule has 1 aliphatic heterocycles. The van der Waals surface area contributed by atoms with Gasteiger partial charge in [0, 0.05) is 4.47 Å². The molecule has 1 fully saturated rings. The quantitative estimate of drug-likeness (QED) is 0.233. The van der Waals surface area contributed by atoms with Crippen LogP contribution in [-0.2, 0) is 25.5 Å². The van der Waals surface area contributed by atoms with Gasteiger partial charge in [-0.05, 0) is 67.0 Å². The van der Waals surface area contributed by atoms with E-state index in [1.54, 1.807) is 31.2 Å². The number of carbonyl (C=O) groups excluding carboxylic acids is 3. The third kappa shape index (κ3) is 5.63. The summed E-state index contributed by atoms with van der Waals surface area (Å²) in [6.07, 6.45) is 2.31. The predicted molar refractivity (Wildman–Crippen MR) is 135 cm³/mol. The first-order valence-corrected chi connectivity index (χ1v) is 11.7. The van der Waals surface area contributed by atoms with Crippen molar-refractivity contribution in [1.29, 1.82) is 0 Å². The lowest BCUT2D eigenvalue weighted by molar-refractivity contribution is -0.143. The van der Waals surface area contributed by atoms with Crippen LogP contribution in [0.15, 0.2) is 46.4 Å². The zero-order valence-electron chi connectivity index (χ0n) is 18.8. The van der Waals surface area contributed by atoms with Crippen molar-refractivity contribution in [2.45, 2.75) is 20.3 Å². The number of esters is 1. The van der Waals surface area contributed by atoms with Crippen LogP contribution in [0.5, 0.6) is 11.5 Å². The Morgan fingerprint density at radius 1 is 1.12 bits per heavy atom. The highest BCUT2D eigenvalue weighted by Crippen LogP contribution is 2.35. The van der Waals surface area contributed by atoms with E-state index < -0.39 is 17.8 Å². The molecule has 0 aromatic heterocycles. The fraction of sp³-hybridized carbons (Fsp3) is 0.250. The summed E-state index contributed by atoms with van der Waals surface area (Å²) in [7, 11) is 1.26. The van der Waals surface area contributed by atoms with Crippen LogP contribution in [0.1, 0.15) is 25.0 Å². The van der Waals surface area contributed by atoms with E-state index in [0.29, 0.717) is 33.8 Å². The lowest BCUT2D eigenvalue weighted by atomic mass is 10.1. The Hall–Kier alpha value is -3.24. The van der Waals surface area contributed by atoms with Crippen LogP contribution in [0.3, 0.4) is 0 Å². The summed E-state index contributed by atoms with van der Waals surface area (Å²) in [6, 6.07) is 10.6. The molecule has 1 heterocycles. The molecule has 1 N–H and O–H groups in total. The van der Waals surface area contributed by atoms with Crippen molar-refractivity contribution in [2.75, 3.05) is 25.2 Å². The number of methoxy groups -OCH3 is 1. The number of ether oxygens (including phenoxy) is 3. The summed E-state index contributed by atoms with van der Waals surface area (Å²) in [5.74, 6) is -1.05. The highest BCUT2D eigenvalue weighted by atomic mass is 79.9. The first kappa shape index (κ1) is 25.4. The number of aryl methyl sites for hydroxylation is 1. The highest BCUT2D eigenvalue weighted by molar-refractivity contribution is 9.10. The molecule has 0 aliphatic carbocycles. The Labute approximate surface area is 211 Å². The molecular formula is C24H23BrN2O6S. The second-order valence-electron chi connectivity index (χ2n) is 7.10. The van der Waals surface area contributed by atoms with Crippen LogP contribution < -0.4 is 19.7 Å². The Balaban J connectivity index is 1.98. The molecule has 0 atom stereocenters. The van der Waals surface area contributed by atoms with Gasteiger partial charge >= 0.3 is 5.97 Å². The summed E-state index contributed by atoms with van der Waals surface area (Å²) in [6.45, 7) is 3.87. The van der Waals surface area contributed by atoms with Crippen LogP contribution in [0.25, 0.3) is 6.08 Å². The van der Waals surface area contributed by atoms with Gasteiger partial charge < -0.3 is 14.2 Å². The zero-order chi connectivity index (χ0) is 24.8. The fourth-order valence-corrected chi connectivity index (χ4v) is 3.88. The minimum absolute atomic E-state index is 0.0111. The molecule has 10 heteroatoms. The monoisotopic (exact) mass is 546 g/mol. The minimum atomic E-state index is -0.604. The third-order valence-electron chi connectivity index (χ3n) is 4.94. The topological polar surface area (TPSA) is 94.2 Å². The average molecular weight is 547 g/mol. The molecule has 0 unspecified atom stereocenters. The zero-order valence-corrected chi connectivity index (χ0v) is 21.2. The van der Waals surface area contributed by atoms with E-state index in [9.17, 15) is 14.4 Å². The van der Waals surface area contributed by atoms with Gasteiger partial charge in [-0.15, -0.1) is 0 Å². The number of hydrogen-bond acceptors (Lipinski definition) is 7. The number of amides is 2. The number of benzene rings is 2. The Morgan fingerprint density at radius 2 is 1.79 bits per heavy atom. The number of hydrogen-bond donors (Lipinski definition) is 1. The summed E-state index contributed by atoms with van der Waals surface area (Å²) in [5.41, 5.74) is 2.07. The molecule has 3 rings (SSSR count). The summed E-state index contributed by atoms with van der Waals surface area (Å²) < 4.78 is 16.2. The van der Waals surface area contributed by atoms with Gasteiger partial charge in [-0.25, -0.2) is 4.79 Å². The van der Waals surface area contributed by atoms with Crippen LogP contribution in [0, 0.1) is 0 Å². The van der Waals surface area contributed by atoms with Crippen molar-refractivity contribution in [1.82, 2.24) is 5.32 Å². The van der Waals surface area contributed by atoms with E-state index >= 15 is 0 Å². The lowest BCUT2D eigenvalue weighted by Crippen LogP contribution is -2.54. The number of nitrogens with one attached hydrogen (secondary N) is 1. The number of thiocarbonyl (C=S) groups is 1. The summed E-state index contributed by atoms with van der Waals surface area (Å²) in [4.78, 5) is 38.7. The van der Waals surface area contributed by atoms with Gasteiger partial charge in [0.2, 0.25) is 0 Å². The molecule has 2 aromatic carbocycles. The molecule has 0 saturated carbocycles. The highest BCUT2D eigenvalue weighted by Gasteiger charge is 2.34. The Morgan fingerprint density at radius 3 is 2.41 bits per heavy atom. The van der Waals surface area contributed by atoms with E-state index in [1.165, 1.54) is 18.1 Å². The van der Waals surface area contributed by atoms with Gasteiger partial charge in [-0.3, -0.25) is 19.8 Å². The average Bonchev–Trinajstić information content (AvgIpc) is 2.82. The van der Waals surface area contributed by atoms with Crippen LogP contribution >= 0.6 is 28.1 Å². The van der Waals surface area contributed by atoms with Gasteiger partial charge in [0.05, 0.1) is 19.4 Å². The van der Waals surface area contributed by atoms with Crippen molar-refractivity contribution in [3.8, 4) is 11.5 Å². The number of carbonyl (C=O) groups is 3. The molecule has 34 heavy (non-hydrogen) atoms. The first-order chi connectivity index (χ1) is 16.3. The predicted octanol–water partition coefficient (Wildman–Crippen LogP) is 3.79. The summed E-state index contributed by atoms with van der Waals surface area (Å²) in [5, 5.41) is 2.58. The Kier molecular flexibility index (Phi) is 8.41. The van der Waals surface area contributed by atoms with E-state index in [2.05, 4.69) is 26.0 Å². The second-order valence-corrected chi connectivity index (χ2v) is 8.34. The van der Waals surface area contributed by atoms with Crippen LogP contribution in [0.2, 0.25) is 0 Å². The number of halogens is 1. The molecule has 178 valence electrons. The van der Waals surface area contributed by atoms with E-state index in [1.807, 2.05) is 19.1 Å². The van der Waals surface area contributed by atoms with Crippen LogP contribution in [-0.4, -0.2) is 43.2 Å².